The lowest BCUT2D eigenvalue weighted by Gasteiger charge is -2.29. The molecule has 108 valence electrons. The number of carbonyl (C=O) groups excluding carboxylic acids is 1. The van der Waals surface area contributed by atoms with Crippen LogP contribution in [0.2, 0.25) is 0 Å². The molecule has 0 unspecified atom stereocenters. The molecule has 4 nitrogen and oxygen atoms in total. The molecule has 0 aliphatic heterocycles. The molecule has 0 aliphatic rings. The Hall–Kier alpha value is -2.02. The molecule has 0 saturated heterocycles. The lowest BCUT2D eigenvalue weighted by molar-refractivity contribution is -0.144. The van der Waals surface area contributed by atoms with E-state index in [1.807, 2.05) is 38.1 Å². The molecule has 0 aromatic heterocycles. The van der Waals surface area contributed by atoms with Crippen molar-refractivity contribution in [1.82, 2.24) is 0 Å². The van der Waals surface area contributed by atoms with Crippen LogP contribution in [-0.4, -0.2) is 19.7 Å². The maximum Gasteiger partial charge on any atom is 0.306 e. The molecular weight excluding hydrogens is 254 g/mol. The average Bonchev–Trinajstić information content (AvgIpc) is 2.46. The minimum absolute atomic E-state index is 0.154. The number of rotatable bonds is 6. The van der Waals surface area contributed by atoms with Crippen LogP contribution in [0.1, 0.15) is 32.8 Å². The Kier molecular flexibility index (Phi) is 5.57. The average molecular weight is 275 g/mol. The summed E-state index contributed by atoms with van der Waals surface area (Å²) < 4.78 is 10.2. The van der Waals surface area contributed by atoms with Crippen molar-refractivity contribution in [3.63, 3.8) is 0 Å². The number of carbonyl (C=O) groups is 1. The molecule has 0 spiro atoms. The largest absolute Gasteiger partial charge is 0.497 e. The zero-order valence-electron chi connectivity index (χ0n) is 12.5. The highest BCUT2D eigenvalue weighted by Crippen LogP contribution is 2.35. The Labute approximate surface area is 120 Å². The van der Waals surface area contributed by atoms with Crippen molar-refractivity contribution >= 4 is 5.97 Å². The van der Waals surface area contributed by atoms with E-state index < -0.39 is 5.41 Å². The minimum Gasteiger partial charge on any atom is -0.497 e. The molecule has 0 radical (unpaired) electrons. The van der Waals surface area contributed by atoms with E-state index in [0.29, 0.717) is 12.4 Å². The van der Waals surface area contributed by atoms with Crippen molar-refractivity contribution in [1.29, 1.82) is 5.26 Å². The van der Waals surface area contributed by atoms with Gasteiger partial charge in [-0.1, -0.05) is 19.1 Å². The molecule has 20 heavy (non-hydrogen) atoms. The Bertz CT molecular complexity index is 507. The number of esters is 1. The molecule has 1 aromatic carbocycles. The molecular formula is C16H21NO3. The second kappa shape index (κ2) is 6.95. The number of benzene rings is 1. The van der Waals surface area contributed by atoms with Gasteiger partial charge < -0.3 is 9.47 Å². The first-order valence-electron chi connectivity index (χ1n) is 6.69. The number of hydrogen-bond donors (Lipinski definition) is 0. The highest BCUT2D eigenvalue weighted by molar-refractivity contribution is 5.70. The summed E-state index contributed by atoms with van der Waals surface area (Å²) in [5, 5.41) is 9.57. The Balaban J connectivity index is 3.01. The first kappa shape index (κ1) is 16.0. The number of hydrogen-bond acceptors (Lipinski definition) is 4. The molecule has 0 heterocycles. The molecule has 0 fully saturated rings. The maximum absolute atomic E-state index is 11.6. The van der Waals surface area contributed by atoms with Crippen LogP contribution >= 0.6 is 0 Å². The van der Waals surface area contributed by atoms with Crippen LogP contribution in [0.4, 0.5) is 0 Å². The SMILES string of the molecule is CCOC(=O)C[C@@H](C)[C@@](C)(C#N)c1cccc(OC)c1. The summed E-state index contributed by atoms with van der Waals surface area (Å²) in [6.07, 6.45) is 0.217. The van der Waals surface area contributed by atoms with Crippen LogP contribution in [0.5, 0.6) is 5.75 Å². The highest BCUT2D eigenvalue weighted by Gasteiger charge is 2.35. The van der Waals surface area contributed by atoms with Crippen LogP contribution in [0.15, 0.2) is 24.3 Å². The van der Waals surface area contributed by atoms with E-state index in [-0.39, 0.29) is 18.3 Å². The van der Waals surface area contributed by atoms with Gasteiger partial charge in [-0.3, -0.25) is 4.79 Å². The normalized spacial score (nSPS) is 14.8. The van der Waals surface area contributed by atoms with Gasteiger partial charge in [0.05, 0.1) is 25.2 Å². The summed E-state index contributed by atoms with van der Waals surface area (Å²) in [5.74, 6) is 0.273. The van der Waals surface area contributed by atoms with Crippen molar-refractivity contribution in [2.75, 3.05) is 13.7 Å². The van der Waals surface area contributed by atoms with Crippen molar-refractivity contribution in [2.24, 2.45) is 5.92 Å². The summed E-state index contributed by atoms with van der Waals surface area (Å²) in [5.41, 5.74) is 0.0811. The summed E-state index contributed by atoms with van der Waals surface area (Å²) in [4.78, 5) is 11.6. The third-order valence-corrected chi connectivity index (χ3v) is 3.67. The van der Waals surface area contributed by atoms with Crippen molar-refractivity contribution in [3.05, 3.63) is 29.8 Å². The van der Waals surface area contributed by atoms with Gasteiger partial charge in [-0.25, -0.2) is 0 Å². The number of ether oxygens (including phenoxy) is 2. The van der Waals surface area contributed by atoms with Gasteiger partial charge in [-0.15, -0.1) is 0 Å². The van der Waals surface area contributed by atoms with Gasteiger partial charge in [0.1, 0.15) is 5.75 Å². The van der Waals surface area contributed by atoms with Crippen LogP contribution in [0.25, 0.3) is 0 Å². The van der Waals surface area contributed by atoms with Gasteiger partial charge in [-0.05, 0) is 37.5 Å². The Morgan fingerprint density at radius 1 is 1.50 bits per heavy atom. The smallest absolute Gasteiger partial charge is 0.306 e. The second-order valence-corrected chi connectivity index (χ2v) is 4.96. The standard InChI is InChI=1S/C16H21NO3/c1-5-20-15(18)9-12(2)16(3,11-17)13-7-6-8-14(10-13)19-4/h6-8,10,12H,5,9H2,1-4H3/t12-,16-/m1/s1. The Morgan fingerprint density at radius 3 is 2.75 bits per heavy atom. The first-order chi connectivity index (χ1) is 9.47. The van der Waals surface area contributed by atoms with Gasteiger partial charge in [0.25, 0.3) is 0 Å². The van der Waals surface area contributed by atoms with E-state index >= 15 is 0 Å². The molecule has 0 amide bonds. The molecule has 1 rings (SSSR count). The van der Waals surface area contributed by atoms with Crippen LogP contribution in [0, 0.1) is 17.2 Å². The van der Waals surface area contributed by atoms with E-state index in [1.165, 1.54) is 0 Å². The first-order valence-corrected chi connectivity index (χ1v) is 6.69. The molecule has 4 heteroatoms. The van der Waals surface area contributed by atoms with E-state index in [2.05, 4.69) is 6.07 Å². The molecule has 2 atom stereocenters. The summed E-state index contributed by atoms with van der Waals surface area (Å²) in [6, 6.07) is 9.73. The zero-order chi connectivity index (χ0) is 15.2. The van der Waals surface area contributed by atoms with Gasteiger partial charge in [0.15, 0.2) is 0 Å². The van der Waals surface area contributed by atoms with Crippen molar-refractivity contribution in [2.45, 2.75) is 32.6 Å². The maximum atomic E-state index is 11.6. The van der Waals surface area contributed by atoms with Crippen LogP contribution in [-0.2, 0) is 14.9 Å². The quantitative estimate of drug-likeness (QED) is 0.749. The fraction of sp³-hybridized carbons (Fsp3) is 0.500. The highest BCUT2D eigenvalue weighted by atomic mass is 16.5. The third-order valence-electron chi connectivity index (χ3n) is 3.67. The van der Waals surface area contributed by atoms with E-state index in [0.717, 1.165) is 5.56 Å². The molecule has 0 aliphatic carbocycles. The summed E-state index contributed by atoms with van der Waals surface area (Å²) >= 11 is 0. The third kappa shape index (κ3) is 3.51. The van der Waals surface area contributed by atoms with Crippen molar-refractivity contribution < 1.29 is 14.3 Å². The fourth-order valence-corrected chi connectivity index (χ4v) is 2.08. The van der Waals surface area contributed by atoms with Gasteiger partial charge in [-0.2, -0.15) is 5.26 Å². The topological polar surface area (TPSA) is 59.3 Å². The molecule has 0 N–H and O–H groups in total. The van der Waals surface area contributed by atoms with E-state index in [1.54, 1.807) is 14.0 Å². The number of nitrogens with zero attached hydrogens (tertiary/aromatic N) is 1. The lowest BCUT2D eigenvalue weighted by Crippen LogP contribution is -2.30. The summed E-state index contributed by atoms with van der Waals surface area (Å²) in [7, 11) is 1.59. The second-order valence-electron chi connectivity index (χ2n) is 4.96. The predicted molar refractivity (Wildman–Crippen MR) is 76.4 cm³/mol. The zero-order valence-corrected chi connectivity index (χ0v) is 12.5. The van der Waals surface area contributed by atoms with Crippen LogP contribution in [0.3, 0.4) is 0 Å². The monoisotopic (exact) mass is 275 g/mol. The predicted octanol–water partition coefficient (Wildman–Crippen LogP) is 3.07. The molecule has 1 aromatic rings. The number of nitriles is 1. The van der Waals surface area contributed by atoms with Crippen LogP contribution < -0.4 is 4.74 Å². The fourth-order valence-electron chi connectivity index (χ4n) is 2.08. The van der Waals surface area contributed by atoms with Gasteiger partial charge in [0.2, 0.25) is 0 Å². The van der Waals surface area contributed by atoms with Crippen molar-refractivity contribution in [3.8, 4) is 11.8 Å². The van der Waals surface area contributed by atoms with Gasteiger partial charge >= 0.3 is 5.97 Å². The van der Waals surface area contributed by atoms with E-state index in [4.69, 9.17) is 9.47 Å². The van der Waals surface area contributed by atoms with E-state index in [9.17, 15) is 10.1 Å². The minimum atomic E-state index is -0.763. The lowest BCUT2D eigenvalue weighted by atomic mass is 9.72. The van der Waals surface area contributed by atoms with Gasteiger partial charge in [0, 0.05) is 6.42 Å². The molecule has 0 bridgehead atoms. The summed E-state index contributed by atoms with van der Waals surface area (Å²) in [6.45, 7) is 5.85. The number of methoxy groups -OCH3 is 1. The molecule has 0 saturated carbocycles. The Morgan fingerprint density at radius 2 is 2.20 bits per heavy atom.